The van der Waals surface area contributed by atoms with Crippen LogP contribution in [0.15, 0.2) is 48.5 Å². The number of nitriles is 1. The van der Waals surface area contributed by atoms with E-state index in [-0.39, 0.29) is 12.5 Å². The number of rotatable bonds is 4. The lowest BCUT2D eigenvalue weighted by atomic mass is 10.2. The van der Waals surface area contributed by atoms with Gasteiger partial charge in [0.1, 0.15) is 6.07 Å². The fourth-order valence-corrected chi connectivity index (χ4v) is 1.85. The van der Waals surface area contributed by atoms with Gasteiger partial charge in [-0.05, 0) is 30.3 Å². The molecule has 0 bridgehead atoms. The van der Waals surface area contributed by atoms with E-state index >= 15 is 0 Å². The first-order valence-electron chi connectivity index (χ1n) is 5.97. The number of para-hydroxylation sites is 1. The third-order valence-electron chi connectivity index (χ3n) is 2.60. The summed E-state index contributed by atoms with van der Waals surface area (Å²) in [6.07, 6.45) is 0. The number of nitrogens with one attached hydrogen (secondary N) is 2. The summed E-state index contributed by atoms with van der Waals surface area (Å²) in [7, 11) is 0. The van der Waals surface area contributed by atoms with Gasteiger partial charge < -0.3 is 10.6 Å². The maximum absolute atomic E-state index is 11.8. The minimum atomic E-state index is -0.186. The Labute approximate surface area is 122 Å². The van der Waals surface area contributed by atoms with Crippen molar-refractivity contribution < 1.29 is 4.79 Å². The average molecular weight is 286 g/mol. The summed E-state index contributed by atoms with van der Waals surface area (Å²) < 4.78 is 0. The van der Waals surface area contributed by atoms with E-state index in [1.807, 2.05) is 36.4 Å². The van der Waals surface area contributed by atoms with Crippen molar-refractivity contribution in [2.75, 3.05) is 17.2 Å². The van der Waals surface area contributed by atoms with Crippen LogP contribution in [-0.4, -0.2) is 12.5 Å². The van der Waals surface area contributed by atoms with Crippen LogP contribution in [0.1, 0.15) is 5.56 Å². The summed E-state index contributed by atoms with van der Waals surface area (Å²) in [4.78, 5) is 11.8. The molecule has 20 heavy (non-hydrogen) atoms. The molecule has 0 saturated heterocycles. The van der Waals surface area contributed by atoms with Crippen molar-refractivity contribution >= 4 is 28.9 Å². The van der Waals surface area contributed by atoms with Gasteiger partial charge in [0.15, 0.2) is 0 Å². The van der Waals surface area contributed by atoms with Crippen LogP contribution in [0, 0.1) is 11.3 Å². The third kappa shape index (κ3) is 3.74. The molecule has 0 atom stereocenters. The lowest BCUT2D eigenvalue weighted by Crippen LogP contribution is -2.21. The largest absolute Gasteiger partial charge is 0.376 e. The second-order valence-corrected chi connectivity index (χ2v) is 4.48. The molecule has 5 heteroatoms. The van der Waals surface area contributed by atoms with Gasteiger partial charge in [0, 0.05) is 11.4 Å². The Kier molecular flexibility index (Phi) is 4.59. The third-order valence-corrected chi connectivity index (χ3v) is 2.91. The van der Waals surface area contributed by atoms with Crippen LogP contribution < -0.4 is 10.6 Å². The van der Waals surface area contributed by atoms with Crippen LogP contribution in [-0.2, 0) is 4.79 Å². The van der Waals surface area contributed by atoms with E-state index < -0.39 is 0 Å². The first kappa shape index (κ1) is 13.9. The highest BCUT2D eigenvalue weighted by atomic mass is 35.5. The fourth-order valence-electron chi connectivity index (χ4n) is 1.63. The number of amides is 1. The monoisotopic (exact) mass is 285 g/mol. The molecule has 0 fully saturated rings. The second-order valence-electron chi connectivity index (χ2n) is 4.07. The van der Waals surface area contributed by atoms with Crippen molar-refractivity contribution in [3.63, 3.8) is 0 Å². The number of anilines is 2. The molecule has 0 heterocycles. The highest BCUT2D eigenvalue weighted by molar-refractivity contribution is 6.32. The van der Waals surface area contributed by atoms with Gasteiger partial charge in [0.2, 0.25) is 5.91 Å². The van der Waals surface area contributed by atoms with Crippen LogP contribution in [0.3, 0.4) is 0 Å². The van der Waals surface area contributed by atoms with Gasteiger partial charge in [-0.25, -0.2) is 0 Å². The van der Waals surface area contributed by atoms with Crippen molar-refractivity contribution in [3.05, 3.63) is 59.1 Å². The summed E-state index contributed by atoms with van der Waals surface area (Å²) >= 11 is 5.90. The zero-order chi connectivity index (χ0) is 14.4. The van der Waals surface area contributed by atoms with Crippen LogP contribution in [0.25, 0.3) is 0 Å². The summed E-state index contributed by atoms with van der Waals surface area (Å²) in [5.41, 5.74) is 1.82. The number of carbonyl (C=O) groups is 1. The van der Waals surface area contributed by atoms with Crippen LogP contribution in [0.4, 0.5) is 11.4 Å². The number of halogens is 1. The molecule has 2 N–H and O–H groups in total. The molecule has 2 aromatic rings. The molecule has 2 rings (SSSR count). The van der Waals surface area contributed by atoms with Crippen LogP contribution in [0.5, 0.6) is 0 Å². The lowest BCUT2D eigenvalue weighted by molar-refractivity contribution is -0.114. The van der Waals surface area contributed by atoms with Crippen molar-refractivity contribution in [2.45, 2.75) is 0 Å². The Balaban J connectivity index is 1.92. The van der Waals surface area contributed by atoms with Gasteiger partial charge in [0.25, 0.3) is 0 Å². The fraction of sp³-hybridized carbons (Fsp3) is 0.0667. The maximum atomic E-state index is 11.8. The Hall–Kier alpha value is -2.51. The van der Waals surface area contributed by atoms with E-state index in [2.05, 4.69) is 10.6 Å². The molecule has 0 aliphatic heterocycles. The van der Waals surface area contributed by atoms with Gasteiger partial charge in [-0.3, -0.25) is 4.79 Å². The quantitative estimate of drug-likeness (QED) is 0.906. The molecule has 0 spiro atoms. The second kappa shape index (κ2) is 6.60. The number of carbonyl (C=O) groups excluding carboxylic acids is 1. The summed E-state index contributed by atoms with van der Waals surface area (Å²) in [6, 6.07) is 16.2. The molecule has 1 amide bonds. The number of hydrogen-bond donors (Lipinski definition) is 2. The molecule has 2 aromatic carbocycles. The minimum absolute atomic E-state index is 0.154. The first-order valence-corrected chi connectivity index (χ1v) is 6.35. The standard InChI is InChI=1S/C15H12ClN3O/c16-14-8-13(7-6-11(14)9-17)19-15(20)10-18-12-4-2-1-3-5-12/h1-8,18H,10H2,(H,19,20). The summed E-state index contributed by atoms with van der Waals surface area (Å²) in [6.45, 7) is 0.154. The van der Waals surface area contributed by atoms with Crippen molar-refractivity contribution in [2.24, 2.45) is 0 Å². The van der Waals surface area contributed by atoms with Crippen molar-refractivity contribution in [3.8, 4) is 6.07 Å². The van der Waals surface area contributed by atoms with Crippen molar-refractivity contribution in [1.29, 1.82) is 5.26 Å². The first-order chi connectivity index (χ1) is 9.69. The van der Waals surface area contributed by atoms with Crippen LogP contribution >= 0.6 is 11.6 Å². The highest BCUT2D eigenvalue weighted by Crippen LogP contribution is 2.20. The Morgan fingerprint density at radius 2 is 1.90 bits per heavy atom. The van der Waals surface area contributed by atoms with Gasteiger partial charge >= 0.3 is 0 Å². The smallest absolute Gasteiger partial charge is 0.243 e. The van der Waals surface area contributed by atoms with E-state index in [0.717, 1.165) is 5.69 Å². The zero-order valence-corrected chi connectivity index (χ0v) is 11.3. The number of nitrogens with zero attached hydrogens (tertiary/aromatic N) is 1. The minimum Gasteiger partial charge on any atom is -0.376 e. The number of hydrogen-bond acceptors (Lipinski definition) is 3. The summed E-state index contributed by atoms with van der Waals surface area (Å²) in [5, 5.41) is 14.8. The molecule has 100 valence electrons. The molecular weight excluding hydrogens is 274 g/mol. The molecule has 4 nitrogen and oxygen atoms in total. The van der Waals surface area contributed by atoms with Gasteiger partial charge in [-0.15, -0.1) is 0 Å². The predicted molar refractivity (Wildman–Crippen MR) is 79.7 cm³/mol. The van der Waals surface area contributed by atoms with Crippen LogP contribution in [0.2, 0.25) is 5.02 Å². The predicted octanol–water partition coefficient (Wildman–Crippen LogP) is 3.26. The molecule has 0 aliphatic carbocycles. The molecule has 0 unspecified atom stereocenters. The molecule has 0 aliphatic rings. The average Bonchev–Trinajstić information content (AvgIpc) is 2.46. The molecule has 0 saturated carbocycles. The van der Waals surface area contributed by atoms with E-state index in [0.29, 0.717) is 16.3 Å². The SMILES string of the molecule is N#Cc1ccc(NC(=O)CNc2ccccc2)cc1Cl. The Morgan fingerprint density at radius 3 is 2.55 bits per heavy atom. The highest BCUT2D eigenvalue weighted by Gasteiger charge is 2.05. The van der Waals surface area contributed by atoms with E-state index in [9.17, 15) is 4.79 Å². The normalized spacial score (nSPS) is 9.60. The Bertz CT molecular complexity index is 650. The van der Waals surface area contributed by atoms with Gasteiger partial charge in [0.05, 0.1) is 17.1 Å². The van der Waals surface area contributed by atoms with Gasteiger partial charge in [-0.2, -0.15) is 5.26 Å². The van der Waals surface area contributed by atoms with E-state index in [1.54, 1.807) is 18.2 Å². The zero-order valence-electron chi connectivity index (χ0n) is 10.6. The number of benzene rings is 2. The lowest BCUT2D eigenvalue weighted by Gasteiger charge is -2.08. The molecule has 0 aromatic heterocycles. The van der Waals surface area contributed by atoms with Crippen molar-refractivity contribution in [1.82, 2.24) is 0 Å². The maximum Gasteiger partial charge on any atom is 0.243 e. The van der Waals surface area contributed by atoms with E-state index in [1.165, 1.54) is 0 Å². The molecular formula is C15H12ClN3O. The Morgan fingerprint density at radius 1 is 1.15 bits per heavy atom. The van der Waals surface area contributed by atoms with E-state index in [4.69, 9.17) is 16.9 Å². The topological polar surface area (TPSA) is 64.9 Å². The summed E-state index contributed by atoms with van der Waals surface area (Å²) in [5.74, 6) is -0.186. The molecule has 0 radical (unpaired) electrons. The van der Waals surface area contributed by atoms with Gasteiger partial charge in [-0.1, -0.05) is 29.8 Å².